The Hall–Kier alpha value is -1.81. The lowest BCUT2D eigenvalue weighted by atomic mass is 10.1. The van der Waals surface area contributed by atoms with E-state index in [1.54, 1.807) is 6.20 Å². The Balaban J connectivity index is 1.86. The molecule has 4 nitrogen and oxygen atoms in total. The number of nitrogens with one attached hydrogen (secondary N) is 2. The third-order valence-electron chi connectivity index (χ3n) is 2.89. The Labute approximate surface area is 113 Å². The Bertz CT molecular complexity index is 546. The number of aromatic nitrogens is 1. The molecular weight excluding hydrogens is 240 g/mol. The van der Waals surface area contributed by atoms with Gasteiger partial charge in [0, 0.05) is 30.3 Å². The second-order valence-corrected chi connectivity index (χ2v) is 4.78. The van der Waals surface area contributed by atoms with Crippen LogP contribution < -0.4 is 5.32 Å². The number of para-hydroxylation sites is 1. The van der Waals surface area contributed by atoms with Gasteiger partial charge in [0.1, 0.15) is 0 Å². The second kappa shape index (κ2) is 6.38. The lowest BCUT2D eigenvalue weighted by Gasteiger charge is -2.08. The van der Waals surface area contributed by atoms with Gasteiger partial charge >= 0.3 is 0 Å². The van der Waals surface area contributed by atoms with Crippen molar-refractivity contribution in [3.63, 3.8) is 0 Å². The van der Waals surface area contributed by atoms with E-state index in [4.69, 9.17) is 4.74 Å². The van der Waals surface area contributed by atoms with Crippen LogP contribution in [0.2, 0.25) is 0 Å². The Morgan fingerprint density at radius 1 is 1.37 bits per heavy atom. The molecule has 1 aromatic carbocycles. The predicted molar refractivity (Wildman–Crippen MR) is 76.3 cm³/mol. The van der Waals surface area contributed by atoms with Crippen LogP contribution in [0, 0.1) is 0 Å². The molecule has 0 aliphatic rings. The molecule has 1 amide bonds. The van der Waals surface area contributed by atoms with Gasteiger partial charge in [0.15, 0.2) is 0 Å². The topological polar surface area (TPSA) is 54.1 Å². The Morgan fingerprint density at radius 3 is 2.95 bits per heavy atom. The first-order chi connectivity index (χ1) is 9.18. The number of ether oxygens (including phenoxy) is 1. The third kappa shape index (κ3) is 3.58. The number of carbonyl (C=O) groups excluding carboxylic acids is 1. The maximum atomic E-state index is 12.0. The number of aromatic amines is 1. The van der Waals surface area contributed by atoms with Crippen LogP contribution in [0.5, 0.6) is 0 Å². The quantitative estimate of drug-likeness (QED) is 0.785. The van der Waals surface area contributed by atoms with Crippen LogP contribution in [-0.2, 0) is 4.74 Å². The summed E-state index contributed by atoms with van der Waals surface area (Å²) < 4.78 is 5.43. The Kier molecular flexibility index (Phi) is 4.58. The molecule has 2 rings (SSSR count). The summed E-state index contributed by atoms with van der Waals surface area (Å²) in [5.74, 6) is -0.0398. The van der Waals surface area contributed by atoms with Crippen LogP contribution in [0.25, 0.3) is 10.9 Å². The molecule has 0 atom stereocenters. The van der Waals surface area contributed by atoms with Crippen LogP contribution in [0.1, 0.15) is 30.6 Å². The number of carbonyl (C=O) groups is 1. The summed E-state index contributed by atoms with van der Waals surface area (Å²) in [4.78, 5) is 15.1. The van der Waals surface area contributed by atoms with E-state index >= 15 is 0 Å². The minimum absolute atomic E-state index is 0.0398. The zero-order valence-electron chi connectivity index (χ0n) is 11.4. The summed E-state index contributed by atoms with van der Waals surface area (Å²) in [6.07, 6.45) is 2.82. The van der Waals surface area contributed by atoms with Gasteiger partial charge < -0.3 is 15.0 Å². The third-order valence-corrected chi connectivity index (χ3v) is 2.89. The van der Waals surface area contributed by atoms with Crippen LogP contribution in [0.4, 0.5) is 0 Å². The minimum Gasteiger partial charge on any atom is -0.379 e. The maximum absolute atomic E-state index is 12.0. The number of hydrogen-bond acceptors (Lipinski definition) is 2. The van der Waals surface area contributed by atoms with Crippen LogP contribution in [0.3, 0.4) is 0 Å². The van der Waals surface area contributed by atoms with E-state index in [0.29, 0.717) is 18.7 Å². The van der Waals surface area contributed by atoms with Crippen molar-refractivity contribution in [2.24, 2.45) is 0 Å². The molecular formula is C15H20N2O2. The number of fused-ring (bicyclic) bond motifs is 1. The van der Waals surface area contributed by atoms with Gasteiger partial charge in [-0.05, 0) is 26.3 Å². The molecule has 102 valence electrons. The van der Waals surface area contributed by atoms with Crippen molar-refractivity contribution in [2.45, 2.75) is 26.4 Å². The molecule has 2 aromatic rings. The summed E-state index contributed by atoms with van der Waals surface area (Å²) in [5, 5.41) is 3.87. The van der Waals surface area contributed by atoms with E-state index in [1.165, 1.54) is 0 Å². The fraction of sp³-hybridized carbons (Fsp3) is 0.400. The van der Waals surface area contributed by atoms with Crippen LogP contribution >= 0.6 is 0 Å². The molecule has 0 saturated carbocycles. The minimum atomic E-state index is -0.0398. The number of H-pyrrole nitrogens is 1. The molecule has 4 heteroatoms. The molecule has 0 fully saturated rings. The van der Waals surface area contributed by atoms with Gasteiger partial charge in [-0.15, -0.1) is 0 Å². The average Bonchev–Trinajstić information content (AvgIpc) is 2.81. The first-order valence-electron chi connectivity index (χ1n) is 6.64. The molecule has 0 aliphatic heterocycles. The molecule has 0 bridgehead atoms. The highest BCUT2D eigenvalue weighted by molar-refractivity contribution is 6.06. The molecule has 0 unspecified atom stereocenters. The van der Waals surface area contributed by atoms with Crippen molar-refractivity contribution in [3.8, 4) is 0 Å². The zero-order chi connectivity index (χ0) is 13.7. The number of rotatable bonds is 6. The van der Waals surface area contributed by atoms with E-state index in [9.17, 15) is 4.79 Å². The lowest BCUT2D eigenvalue weighted by molar-refractivity contribution is 0.0757. The summed E-state index contributed by atoms with van der Waals surface area (Å²) in [6, 6.07) is 7.79. The van der Waals surface area contributed by atoms with Crippen LogP contribution in [-0.4, -0.2) is 30.1 Å². The van der Waals surface area contributed by atoms with E-state index in [-0.39, 0.29) is 12.0 Å². The number of hydrogen-bond donors (Lipinski definition) is 2. The van der Waals surface area contributed by atoms with Gasteiger partial charge in [-0.3, -0.25) is 4.79 Å². The van der Waals surface area contributed by atoms with Crippen molar-refractivity contribution in [2.75, 3.05) is 13.2 Å². The highest BCUT2D eigenvalue weighted by atomic mass is 16.5. The summed E-state index contributed by atoms with van der Waals surface area (Å²) in [5.41, 5.74) is 1.68. The molecule has 0 spiro atoms. The van der Waals surface area contributed by atoms with Gasteiger partial charge in [0.25, 0.3) is 5.91 Å². The summed E-state index contributed by atoms with van der Waals surface area (Å²) >= 11 is 0. The second-order valence-electron chi connectivity index (χ2n) is 4.78. The standard InChI is InChI=1S/C15H20N2O2/c1-11(2)19-9-5-8-16-15(18)13-10-17-14-7-4-3-6-12(13)14/h3-4,6-7,10-11,17H,5,8-9H2,1-2H3,(H,16,18). The van der Waals surface area contributed by atoms with Gasteiger partial charge in [-0.2, -0.15) is 0 Å². The van der Waals surface area contributed by atoms with Crippen molar-refractivity contribution < 1.29 is 9.53 Å². The smallest absolute Gasteiger partial charge is 0.253 e. The van der Waals surface area contributed by atoms with Gasteiger partial charge in [0.05, 0.1) is 11.7 Å². The van der Waals surface area contributed by atoms with E-state index in [0.717, 1.165) is 17.3 Å². The fourth-order valence-corrected chi connectivity index (χ4v) is 1.95. The lowest BCUT2D eigenvalue weighted by Crippen LogP contribution is -2.25. The summed E-state index contributed by atoms with van der Waals surface area (Å²) in [6.45, 7) is 5.31. The molecule has 2 N–H and O–H groups in total. The van der Waals surface area contributed by atoms with E-state index in [2.05, 4.69) is 10.3 Å². The molecule has 1 aromatic heterocycles. The van der Waals surface area contributed by atoms with Crippen LogP contribution in [0.15, 0.2) is 30.5 Å². The van der Waals surface area contributed by atoms with E-state index < -0.39 is 0 Å². The molecule has 0 radical (unpaired) electrons. The normalized spacial score (nSPS) is 11.1. The van der Waals surface area contributed by atoms with Gasteiger partial charge in [-0.1, -0.05) is 18.2 Å². The SMILES string of the molecule is CC(C)OCCCNC(=O)c1c[nH]c2ccccc12. The number of amides is 1. The average molecular weight is 260 g/mol. The zero-order valence-corrected chi connectivity index (χ0v) is 11.4. The highest BCUT2D eigenvalue weighted by Crippen LogP contribution is 2.17. The highest BCUT2D eigenvalue weighted by Gasteiger charge is 2.10. The first kappa shape index (κ1) is 13.6. The largest absolute Gasteiger partial charge is 0.379 e. The van der Waals surface area contributed by atoms with Crippen molar-refractivity contribution in [1.82, 2.24) is 10.3 Å². The predicted octanol–water partition coefficient (Wildman–Crippen LogP) is 2.71. The first-order valence-corrected chi connectivity index (χ1v) is 6.64. The molecule has 0 saturated heterocycles. The monoisotopic (exact) mass is 260 g/mol. The number of benzene rings is 1. The Morgan fingerprint density at radius 2 is 2.16 bits per heavy atom. The van der Waals surface area contributed by atoms with E-state index in [1.807, 2.05) is 38.1 Å². The van der Waals surface area contributed by atoms with Gasteiger partial charge in [-0.25, -0.2) is 0 Å². The maximum Gasteiger partial charge on any atom is 0.253 e. The summed E-state index contributed by atoms with van der Waals surface area (Å²) in [7, 11) is 0. The molecule has 0 aliphatic carbocycles. The van der Waals surface area contributed by atoms with Crippen molar-refractivity contribution in [1.29, 1.82) is 0 Å². The molecule has 19 heavy (non-hydrogen) atoms. The van der Waals surface area contributed by atoms with Crippen molar-refractivity contribution >= 4 is 16.8 Å². The molecule has 1 heterocycles. The van der Waals surface area contributed by atoms with Gasteiger partial charge in [0.2, 0.25) is 0 Å². The van der Waals surface area contributed by atoms with Crippen molar-refractivity contribution in [3.05, 3.63) is 36.0 Å². The fourth-order valence-electron chi connectivity index (χ4n) is 1.95.